The van der Waals surface area contributed by atoms with Crippen molar-refractivity contribution in [1.29, 1.82) is 0 Å². The van der Waals surface area contributed by atoms with Crippen molar-refractivity contribution in [1.82, 2.24) is 14.9 Å². The number of nitro groups is 1. The van der Waals surface area contributed by atoms with E-state index in [1.807, 2.05) is 22.9 Å². The Morgan fingerprint density at radius 3 is 2.67 bits per heavy atom. The van der Waals surface area contributed by atoms with Crippen LogP contribution in [0.1, 0.15) is 11.1 Å². The lowest BCUT2D eigenvalue weighted by Crippen LogP contribution is -2.16. The quantitative estimate of drug-likeness (QED) is 0.412. The lowest BCUT2D eigenvalue weighted by atomic mass is 10.1. The first-order valence-electron chi connectivity index (χ1n) is 7.74. The van der Waals surface area contributed by atoms with Crippen LogP contribution in [0.25, 0.3) is 5.69 Å². The second kappa shape index (κ2) is 7.52. The Labute approximate surface area is 139 Å². The Hall–Kier alpha value is -2.99. The molecular formula is C18H18N4O2. The second-order valence-corrected chi connectivity index (χ2v) is 5.49. The third-order valence-electron chi connectivity index (χ3n) is 3.78. The van der Waals surface area contributed by atoms with Crippen LogP contribution in [0, 0.1) is 10.1 Å². The topological polar surface area (TPSA) is 73.0 Å². The van der Waals surface area contributed by atoms with Crippen molar-refractivity contribution in [3.8, 4) is 5.69 Å². The van der Waals surface area contributed by atoms with E-state index < -0.39 is 0 Å². The fourth-order valence-electron chi connectivity index (χ4n) is 2.49. The summed E-state index contributed by atoms with van der Waals surface area (Å²) in [7, 11) is 0. The highest BCUT2D eigenvalue weighted by molar-refractivity contribution is 5.36. The molecule has 1 heterocycles. The molecule has 0 atom stereocenters. The Balaban J connectivity index is 1.50. The molecule has 3 aromatic rings. The van der Waals surface area contributed by atoms with E-state index in [0.29, 0.717) is 0 Å². The molecule has 0 amide bonds. The molecule has 0 aliphatic heterocycles. The Bertz CT molecular complexity index is 798. The van der Waals surface area contributed by atoms with E-state index in [1.54, 1.807) is 36.8 Å². The van der Waals surface area contributed by atoms with Gasteiger partial charge in [-0.1, -0.05) is 24.3 Å². The van der Waals surface area contributed by atoms with Gasteiger partial charge >= 0.3 is 0 Å². The molecule has 24 heavy (non-hydrogen) atoms. The predicted octanol–water partition coefficient (Wildman–Crippen LogP) is 3.11. The smallest absolute Gasteiger partial charge is 0.269 e. The van der Waals surface area contributed by atoms with Crippen LogP contribution in [0.3, 0.4) is 0 Å². The van der Waals surface area contributed by atoms with Gasteiger partial charge in [-0.15, -0.1) is 0 Å². The molecule has 0 spiro atoms. The second-order valence-electron chi connectivity index (χ2n) is 5.49. The zero-order valence-corrected chi connectivity index (χ0v) is 13.1. The molecule has 0 unspecified atom stereocenters. The average Bonchev–Trinajstić information content (AvgIpc) is 3.14. The fourth-order valence-corrected chi connectivity index (χ4v) is 2.49. The van der Waals surface area contributed by atoms with Gasteiger partial charge in [0.15, 0.2) is 0 Å². The lowest BCUT2D eigenvalue weighted by molar-refractivity contribution is -0.384. The summed E-state index contributed by atoms with van der Waals surface area (Å²) in [5, 5.41) is 14.0. The third kappa shape index (κ3) is 4.05. The van der Waals surface area contributed by atoms with Gasteiger partial charge in [0.2, 0.25) is 0 Å². The first kappa shape index (κ1) is 15.9. The van der Waals surface area contributed by atoms with Gasteiger partial charge in [0.05, 0.1) is 11.3 Å². The van der Waals surface area contributed by atoms with E-state index in [4.69, 9.17) is 0 Å². The first-order valence-corrected chi connectivity index (χ1v) is 7.74. The van der Waals surface area contributed by atoms with E-state index in [-0.39, 0.29) is 10.6 Å². The molecule has 6 nitrogen and oxygen atoms in total. The van der Waals surface area contributed by atoms with Gasteiger partial charge in [-0.25, -0.2) is 4.98 Å². The van der Waals surface area contributed by atoms with Gasteiger partial charge in [0.25, 0.3) is 5.69 Å². The minimum absolute atomic E-state index is 0.128. The highest BCUT2D eigenvalue weighted by Gasteiger charge is 2.03. The molecule has 2 aromatic carbocycles. The molecule has 0 aliphatic carbocycles. The summed E-state index contributed by atoms with van der Waals surface area (Å²) in [6.45, 7) is 1.59. The number of non-ortho nitro benzene ring substituents is 1. The van der Waals surface area contributed by atoms with Crippen LogP contribution in [0.4, 0.5) is 5.69 Å². The number of benzene rings is 2. The van der Waals surface area contributed by atoms with Crippen LogP contribution in [-0.4, -0.2) is 21.0 Å². The zero-order valence-electron chi connectivity index (χ0n) is 13.1. The first-order chi connectivity index (χ1) is 11.7. The number of nitro benzene ring substituents is 1. The molecule has 1 aromatic heterocycles. The van der Waals surface area contributed by atoms with E-state index in [9.17, 15) is 10.1 Å². The molecule has 3 rings (SSSR count). The predicted molar refractivity (Wildman–Crippen MR) is 92.1 cm³/mol. The van der Waals surface area contributed by atoms with Crippen LogP contribution in [0.15, 0.2) is 67.3 Å². The number of nitrogens with zero attached hydrogens (tertiary/aromatic N) is 3. The van der Waals surface area contributed by atoms with Gasteiger partial charge in [0, 0.05) is 36.8 Å². The van der Waals surface area contributed by atoms with Crippen molar-refractivity contribution in [2.24, 2.45) is 0 Å². The molecular weight excluding hydrogens is 304 g/mol. The summed E-state index contributed by atoms with van der Waals surface area (Å²) < 4.78 is 1.97. The summed E-state index contributed by atoms with van der Waals surface area (Å²) in [6, 6.07) is 15.0. The van der Waals surface area contributed by atoms with E-state index >= 15 is 0 Å². The minimum Gasteiger partial charge on any atom is -0.312 e. The lowest BCUT2D eigenvalue weighted by Gasteiger charge is -2.08. The molecule has 0 radical (unpaired) electrons. The highest BCUT2D eigenvalue weighted by atomic mass is 16.6. The molecule has 1 N–H and O–H groups in total. The number of aromatic nitrogens is 2. The van der Waals surface area contributed by atoms with Crippen molar-refractivity contribution >= 4 is 5.69 Å². The SMILES string of the molecule is O=[N+]([O-])c1ccc(CCNCc2cccc(-n3ccnc3)c2)cc1. The van der Waals surface area contributed by atoms with E-state index in [2.05, 4.69) is 22.4 Å². The van der Waals surface area contributed by atoms with E-state index in [1.165, 1.54) is 5.56 Å². The number of hydrogen-bond donors (Lipinski definition) is 1. The molecule has 0 saturated carbocycles. The van der Waals surface area contributed by atoms with Crippen LogP contribution >= 0.6 is 0 Å². The average molecular weight is 322 g/mol. The largest absolute Gasteiger partial charge is 0.312 e. The van der Waals surface area contributed by atoms with Crippen LogP contribution < -0.4 is 5.32 Å². The maximum absolute atomic E-state index is 10.6. The molecule has 0 bridgehead atoms. The summed E-state index contributed by atoms with van der Waals surface area (Å²) in [5.41, 5.74) is 3.50. The molecule has 6 heteroatoms. The molecule has 0 saturated heterocycles. The highest BCUT2D eigenvalue weighted by Crippen LogP contribution is 2.12. The van der Waals surface area contributed by atoms with Crippen molar-refractivity contribution in [3.63, 3.8) is 0 Å². The fraction of sp³-hybridized carbons (Fsp3) is 0.167. The molecule has 0 fully saturated rings. The Morgan fingerprint density at radius 2 is 1.96 bits per heavy atom. The van der Waals surface area contributed by atoms with Gasteiger partial charge in [-0.2, -0.15) is 0 Å². The van der Waals surface area contributed by atoms with Crippen molar-refractivity contribution in [2.45, 2.75) is 13.0 Å². The van der Waals surface area contributed by atoms with Crippen molar-refractivity contribution in [2.75, 3.05) is 6.54 Å². The number of rotatable bonds is 7. The molecule has 122 valence electrons. The van der Waals surface area contributed by atoms with Gasteiger partial charge < -0.3 is 9.88 Å². The van der Waals surface area contributed by atoms with E-state index in [0.717, 1.165) is 30.8 Å². The summed E-state index contributed by atoms with van der Waals surface area (Å²) in [5.74, 6) is 0. The summed E-state index contributed by atoms with van der Waals surface area (Å²) >= 11 is 0. The maximum atomic E-state index is 10.6. The normalized spacial score (nSPS) is 10.7. The van der Waals surface area contributed by atoms with Crippen LogP contribution in [-0.2, 0) is 13.0 Å². The van der Waals surface area contributed by atoms with Gasteiger partial charge in [-0.3, -0.25) is 10.1 Å². The Kier molecular flexibility index (Phi) is 4.98. The standard InChI is InChI=1S/C18H18N4O2/c23-22(24)17-6-4-15(5-7-17)8-9-19-13-16-2-1-3-18(12-16)21-11-10-20-14-21/h1-7,10-12,14,19H,8-9,13H2. The summed E-state index contributed by atoms with van der Waals surface area (Å²) in [6.07, 6.45) is 6.29. The molecule has 0 aliphatic rings. The third-order valence-corrected chi connectivity index (χ3v) is 3.78. The maximum Gasteiger partial charge on any atom is 0.269 e. The van der Waals surface area contributed by atoms with Crippen molar-refractivity contribution < 1.29 is 4.92 Å². The van der Waals surface area contributed by atoms with Crippen LogP contribution in [0.5, 0.6) is 0 Å². The monoisotopic (exact) mass is 322 g/mol. The zero-order chi connectivity index (χ0) is 16.8. The van der Waals surface area contributed by atoms with Gasteiger partial charge in [-0.05, 0) is 36.2 Å². The Morgan fingerprint density at radius 1 is 1.12 bits per heavy atom. The van der Waals surface area contributed by atoms with Crippen molar-refractivity contribution in [3.05, 3.63) is 88.5 Å². The summed E-state index contributed by atoms with van der Waals surface area (Å²) in [4.78, 5) is 14.3. The number of nitrogens with one attached hydrogen (secondary N) is 1. The minimum atomic E-state index is -0.380. The number of hydrogen-bond acceptors (Lipinski definition) is 4. The number of imidazole rings is 1. The van der Waals surface area contributed by atoms with Gasteiger partial charge in [0.1, 0.15) is 0 Å². The van der Waals surface area contributed by atoms with Crippen LogP contribution in [0.2, 0.25) is 0 Å².